The number of hydrogen-bond acceptors (Lipinski definition) is 7. The Bertz CT molecular complexity index is 806. The van der Waals surface area contributed by atoms with Crippen molar-refractivity contribution in [2.24, 2.45) is 0 Å². The normalized spacial score (nSPS) is 14.6. The summed E-state index contributed by atoms with van der Waals surface area (Å²) in [7, 11) is 5.30. The molecule has 3 rings (SSSR count). The summed E-state index contributed by atoms with van der Waals surface area (Å²) >= 11 is 0. The van der Waals surface area contributed by atoms with Gasteiger partial charge in [-0.3, -0.25) is 4.79 Å². The number of anilines is 1. The number of likely N-dealkylation sites (N-methyl/N-ethyl adjacent to an activating group) is 1. The number of nitrogens with zero attached hydrogens (tertiary/aromatic N) is 4. The number of rotatable bonds is 7. The zero-order valence-electron chi connectivity index (χ0n) is 16.6. The van der Waals surface area contributed by atoms with E-state index in [1.807, 2.05) is 23.1 Å². The van der Waals surface area contributed by atoms with Crippen LogP contribution in [-0.2, 0) is 6.42 Å². The van der Waals surface area contributed by atoms with Gasteiger partial charge < -0.3 is 24.6 Å². The van der Waals surface area contributed by atoms with Crippen molar-refractivity contribution in [3.8, 4) is 11.5 Å². The zero-order chi connectivity index (χ0) is 19.9. The summed E-state index contributed by atoms with van der Waals surface area (Å²) in [5.41, 5.74) is 1.53. The first-order chi connectivity index (χ1) is 13.6. The molecule has 0 unspecified atom stereocenters. The van der Waals surface area contributed by atoms with Gasteiger partial charge >= 0.3 is 0 Å². The highest BCUT2D eigenvalue weighted by Gasteiger charge is 2.21. The molecule has 1 fully saturated rings. The van der Waals surface area contributed by atoms with Crippen molar-refractivity contribution >= 4 is 11.9 Å². The van der Waals surface area contributed by atoms with Crippen LogP contribution in [0.3, 0.4) is 0 Å². The molecule has 1 N–H and O–H groups in total. The minimum Gasteiger partial charge on any atom is -0.493 e. The van der Waals surface area contributed by atoms with Crippen molar-refractivity contribution in [3.05, 3.63) is 41.7 Å². The molecule has 1 saturated heterocycles. The van der Waals surface area contributed by atoms with Crippen molar-refractivity contribution in [2.75, 3.05) is 59.3 Å². The van der Waals surface area contributed by atoms with Gasteiger partial charge in [-0.05, 0) is 37.2 Å². The quantitative estimate of drug-likeness (QED) is 0.774. The van der Waals surface area contributed by atoms with E-state index in [-0.39, 0.29) is 5.91 Å². The van der Waals surface area contributed by atoms with E-state index < -0.39 is 0 Å². The lowest BCUT2D eigenvalue weighted by atomic mass is 10.1. The predicted molar refractivity (Wildman–Crippen MR) is 107 cm³/mol. The van der Waals surface area contributed by atoms with Crippen molar-refractivity contribution in [1.82, 2.24) is 19.8 Å². The molecule has 2 aromatic rings. The summed E-state index contributed by atoms with van der Waals surface area (Å²) in [6.07, 6.45) is 2.38. The van der Waals surface area contributed by atoms with E-state index in [9.17, 15) is 4.79 Å². The maximum absolute atomic E-state index is 12.6. The molecule has 0 atom stereocenters. The Labute approximate surface area is 165 Å². The SMILES string of the molecule is COc1ccc(CCNc2nccc(C(=O)N3CCN(C)CC3)n2)cc1OC. The first kappa shape index (κ1) is 19.9. The lowest BCUT2D eigenvalue weighted by Crippen LogP contribution is -2.47. The number of carbonyl (C=O) groups is 1. The van der Waals surface area contributed by atoms with Crippen LogP contribution >= 0.6 is 0 Å². The second kappa shape index (κ2) is 9.36. The number of hydrogen-bond donors (Lipinski definition) is 1. The molecule has 1 amide bonds. The van der Waals surface area contributed by atoms with Crippen molar-refractivity contribution < 1.29 is 14.3 Å². The molecule has 8 nitrogen and oxygen atoms in total. The maximum Gasteiger partial charge on any atom is 0.272 e. The fourth-order valence-corrected chi connectivity index (χ4v) is 3.09. The zero-order valence-corrected chi connectivity index (χ0v) is 16.6. The molecule has 1 aliphatic heterocycles. The van der Waals surface area contributed by atoms with E-state index in [0.29, 0.717) is 29.7 Å². The molecule has 1 aromatic heterocycles. The molecule has 0 bridgehead atoms. The Hall–Kier alpha value is -2.87. The van der Waals surface area contributed by atoms with Crippen LogP contribution in [0.5, 0.6) is 11.5 Å². The van der Waals surface area contributed by atoms with Gasteiger partial charge in [0.1, 0.15) is 5.69 Å². The van der Waals surface area contributed by atoms with Crippen LogP contribution in [0, 0.1) is 0 Å². The lowest BCUT2D eigenvalue weighted by molar-refractivity contribution is 0.0658. The summed E-state index contributed by atoms with van der Waals surface area (Å²) < 4.78 is 10.6. The summed E-state index contributed by atoms with van der Waals surface area (Å²) in [5.74, 6) is 1.83. The molecule has 1 aliphatic rings. The first-order valence-corrected chi connectivity index (χ1v) is 9.36. The van der Waals surface area contributed by atoms with E-state index >= 15 is 0 Å². The smallest absolute Gasteiger partial charge is 0.272 e. The van der Waals surface area contributed by atoms with Crippen molar-refractivity contribution in [1.29, 1.82) is 0 Å². The van der Waals surface area contributed by atoms with Gasteiger partial charge in [0.15, 0.2) is 11.5 Å². The van der Waals surface area contributed by atoms with E-state index in [1.165, 1.54) is 0 Å². The molecular weight excluding hydrogens is 358 g/mol. The predicted octanol–water partition coefficient (Wildman–Crippen LogP) is 1.54. The highest BCUT2D eigenvalue weighted by Crippen LogP contribution is 2.27. The van der Waals surface area contributed by atoms with Crippen LogP contribution in [0.15, 0.2) is 30.5 Å². The van der Waals surface area contributed by atoms with E-state index in [0.717, 1.165) is 38.2 Å². The summed E-state index contributed by atoms with van der Waals surface area (Å²) in [5, 5.41) is 3.19. The number of nitrogens with one attached hydrogen (secondary N) is 1. The molecule has 1 aromatic carbocycles. The summed E-state index contributed by atoms with van der Waals surface area (Å²) in [4.78, 5) is 25.3. The molecule has 28 heavy (non-hydrogen) atoms. The summed E-state index contributed by atoms with van der Waals surface area (Å²) in [6, 6.07) is 7.51. The number of carbonyl (C=O) groups excluding carboxylic acids is 1. The number of aromatic nitrogens is 2. The number of amides is 1. The number of ether oxygens (including phenoxy) is 2. The van der Waals surface area contributed by atoms with E-state index in [1.54, 1.807) is 26.5 Å². The monoisotopic (exact) mass is 385 g/mol. The third-order valence-electron chi connectivity index (χ3n) is 4.81. The van der Waals surface area contributed by atoms with Gasteiger partial charge in [-0.2, -0.15) is 0 Å². The van der Waals surface area contributed by atoms with Crippen LogP contribution < -0.4 is 14.8 Å². The van der Waals surface area contributed by atoms with Crippen LogP contribution in [0.2, 0.25) is 0 Å². The Morgan fingerprint density at radius 3 is 2.57 bits per heavy atom. The molecule has 0 aliphatic carbocycles. The lowest BCUT2D eigenvalue weighted by Gasteiger charge is -2.32. The Kier molecular flexibility index (Phi) is 6.65. The van der Waals surface area contributed by atoms with Crippen LogP contribution in [0.25, 0.3) is 0 Å². The molecule has 150 valence electrons. The van der Waals surface area contributed by atoms with Crippen LogP contribution in [-0.4, -0.2) is 79.7 Å². The summed E-state index contributed by atoms with van der Waals surface area (Å²) in [6.45, 7) is 3.85. The van der Waals surface area contributed by atoms with Gasteiger partial charge in [0.2, 0.25) is 5.95 Å². The van der Waals surface area contributed by atoms with Crippen molar-refractivity contribution in [3.63, 3.8) is 0 Å². The minimum absolute atomic E-state index is 0.0431. The topological polar surface area (TPSA) is 79.8 Å². The van der Waals surface area contributed by atoms with E-state index in [2.05, 4.69) is 27.2 Å². The number of piperazine rings is 1. The van der Waals surface area contributed by atoms with Gasteiger partial charge in [0, 0.05) is 38.9 Å². The second-order valence-corrected chi connectivity index (χ2v) is 6.73. The maximum atomic E-state index is 12.6. The van der Waals surface area contributed by atoms with E-state index in [4.69, 9.17) is 9.47 Å². The fourth-order valence-electron chi connectivity index (χ4n) is 3.09. The first-order valence-electron chi connectivity index (χ1n) is 9.36. The average molecular weight is 385 g/mol. The van der Waals surface area contributed by atoms with Crippen molar-refractivity contribution in [2.45, 2.75) is 6.42 Å². The van der Waals surface area contributed by atoms with Gasteiger partial charge in [0.05, 0.1) is 14.2 Å². The molecular formula is C20H27N5O3. The Morgan fingerprint density at radius 1 is 1.11 bits per heavy atom. The third-order valence-corrected chi connectivity index (χ3v) is 4.81. The molecule has 0 spiro atoms. The largest absolute Gasteiger partial charge is 0.493 e. The number of benzene rings is 1. The molecule has 0 saturated carbocycles. The van der Waals surface area contributed by atoms with Gasteiger partial charge in [-0.25, -0.2) is 9.97 Å². The standard InChI is InChI=1S/C20H27N5O3/c1-24-10-12-25(13-11-24)19(26)16-7-9-22-20(23-16)21-8-6-15-4-5-17(27-2)18(14-15)28-3/h4-5,7,9,14H,6,8,10-13H2,1-3H3,(H,21,22,23). The number of methoxy groups -OCH3 is 2. The minimum atomic E-state index is -0.0431. The van der Waals surface area contributed by atoms with Crippen LogP contribution in [0.1, 0.15) is 16.1 Å². The van der Waals surface area contributed by atoms with Gasteiger partial charge in [-0.1, -0.05) is 6.07 Å². The molecule has 2 heterocycles. The highest BCUT2D eigenvalue weighted by molar-refractivity contribution is 5.92. The Morgan fingerprint density at radius 2 is 1.86 bits per heavy atom. The van der Waals surface area contributed by atoms with Gasteiger partial charge in [0.25, 0.3) is 5.91 Å². The third kappa shape index (κ3) is 4.89. The average Bonchev–Trinajstić information content (AvgIpc) is 2.74. The fraction of sp³-hybridized carbons (Fsp3) is 0.450. The molecule has 8 heteroatoms. The highest BCUT2D eigenvalue weighted by atomic mass is 16.5. The van der Waals surface area contributed by atoms with Crippen LogP contribution in [0.4, 0.5) is 5.95 Å². The van der Waals surface area contributed by atoms with Gasteiger partial charge in [-0.15, -0.1) is 0 Å². The second-order valence-electron chi connectivity index (χ2n) is 6.73. The molecule has 0 radical (unpaired) electrons. The Balaban J connectivity index is 1.57.